The SMILES string of the molecule is Cc1ccc(N=Nc2ccc(N=Nc3c(SOOO)cc4cccc(N)c4c3O)cc2)cc1. The van der Waals surface area contributed by atoms with Crippen molar-refractivity contribution in [2.45, 2.75) is 11.8 Å². The minimum Gasteiger partial charge on any atom is -0.505 e. The Balaban J connectivity index is 1.60. The van der Waals surface area contributed by atoms with E-state index in [0.29, 0.717) is 44.8 Å². The van der Waals surface area contributed by atoms with Crippen LogP contribution in [0.15, 0.2) is 98.1 Å². The van der Waals surface area contributed by atoms with Crippen LogP contribution in [-0.2, 0) is 9.37 Å². The zero-order chi connectivity index (χ0) is 23.2. The molecule has 0 aliphatic carbocycles. The largest absolute Gasteiger partial charge is 0.505 e. The maximum Gasteiger partial charge on any atom is 0.154 e. The van der Waals surface area contributed by atoms with E-state index >= 15 is 0 Å². The molecule has 0 radical (unpaired) electrons. The van der Waals surface area contributed by atoms with Gasteiger partial charge in [0.15, 0.2) is 5.75 Å². The molecule has 33 heavy (non-hydrogen) atoms. The maximum atomic E-state index is 10.8. The van der Waals surface area contributed by atoms with Gasteiger partial charge in [0.2, 0.25) is 0 Å². The first kappa shape index (κ1) is 22.4. The van der Waals surface area contributed by atoms with Gasteiger partial charge in [-0.15, -0.1) is 9.45 Å². The van der Waals surface area contributed by atoms with Gasteiger partial charge in [0, 0.05) is 11.1 Å². The van der Waals surface area contributed by atoms with E-state index in [2.05, 4.69) is 29.8 Å². The van der Waals surface area contributed by atoms with Gasteiger partial charge >= 0.3 is 0 Å². The zero-order valence-electron chi connectivity index (χ0n) is 17.4. The standard InChI is InChI=1S/C23H19N5O4S/c1-14-5-7-16(8-6-14)25-26-17-9-11-18(12-10-17)27-28-22-20(33-32-31-30)13-15-3-2-4-19(24)21(15)23(22)29/h2-13,29-30H,24H2,1H3. The minimum absolute atomic E-state index is 0.116. The van der Waals surface area contributed by atoms with Crippen molar-refractivity contribution in [1.82, 2.24) is 0 Å². The number of hydrogen-bond acceptors (Lipinski definition) is 10. The van der Waals surface area contributed by atoms with Crippen molar-refractivity contribution in [3.8, 4) is 5.75 Å². The topological polar surface area (TPSA) is 134 Å². The fourth-order valence-corrected chi connectivity index (χ4v) is 3.56. The fraction of sp³-hybridized carbons (Fsp3) is 0.0435. The van der Waals surface area contributed by atoms with Gasteiger partial charge in [-0.1, -0.05) is 34.9 Å². The second kappa shape index (κ2) is 10.2. The number of aromatic hydroxyl groups is 1. The van der Waals surface area contributed by atoms with Crippen LogP contribution in [-0.4, -0.2) is 10.4 Å². The van der Waals surface area contributed by atoms with Gasteiger partial charge in [-0.2, -0.15) is 15.3 Å². The summed E-state index contributed by atoms with van der Waals surface area (Å²) < 4.78 is 4.54. The average Bonchev–Trinajstić information content (AvgIpc) is 2.82. The van der Waals surface area contributed by atoms with Gasteiger partial charge in [0.05, 0.1) is 34.0 Å². The fourth-order valence-electron chi connectivity index (χ4n) is 3.06. The van der Waals surface area contributed by atoms with E-state index in [-0.39, 0.29) is 11.4 Å². The summed E-state index contributed by atoms with van der Waals surface area (Å²) in [5.41, 5.74) is 9.62. The molecule has 0 saturated heterocycles. The van der Waals surface area contributed by atoms with Crippen molar-refractivity contribution in [2.75, 3.05) is 5.73 Å². The molecular weight excluding hydrogens is 442 g/mol. The Morgan fingerprint density at radius 2 is 1.39 bits per heavy atom. The number of phenols is 1. The maximum absolute atomic E-state index is 10.8. The highest BCUT2D eigenvalue weighted by atomic mass is 32.2. The Kier molecular flexibility index (Phi) is 6.91. The number of nitrogens with zero attached hydrogens (tertiary/aromatic N) is 4. The zero-order valence-corrected chi connectivity index (χ0v) is 18.2. The highest BCUT2D eigenvalue weighted by molar-refractivity contribution is 7.94. The summed E-state index contributed by atoms with van der Waals surface area (Å²) in [4.78, 5) is 0.368. The first-order chi connectivity index (χ1) is 16.0. The monoisotopic (exact) mass is 461 g/mol. The van der Waals surface area contributed by atoms with E-state index in [1.807, 2.05) is 31.2 Å². The first-order valence-corrected chi connectivity index (χ1v) is 10.5. The van der Waals surface area contributed by atoms with Crippen LogP contribution in [0.3, 0.4) is 0 Å². The number of nitrogen functional groups attached to an aromatic ring is 1. The van der Waals surface area contributed by atoms with Gasteiger partial charge < -0.3 is 10.8 Å². The molecule has 0 saturated carbocycles. The highest BCUT2D eigenvalue weighted by Gasteiger charge is 2.16. The predicted octanol–water partition coefficient (Wildman–Crippen LogP) is 7.70. The molecule has 4 rings (SSSR count). The summed E-state index contributed by atoms with van der Waals surface area (Å²) in [5, 5.41) is 40.9. The third kappa shape index (κ3) is 5.33. The molecule has 4 aromatic carbocycles. The molecule has 0 amide bonds. The van der Waals surface area contributed by atoms with Crippen LogP contribution in [0.4, 0.5) is 28.4 Å². The van der Waals surface area contributed by atoms with Gasteiger partial charge in [-0.3, -0.25) is 0 Å². The normalized spacial score (nSPS) is 11.7. The van der Waals surface area contributed by atoms with Crippen molar-refractivity contribution in [1.29, 1.82) is 0 Å². The Labute approximate surface area is 193 Å². The summed E-state index contributed by atoms with van der Waals surface area (Å²) in [6, 6.07) is 21.6. The molecule has 0 unspecified atom stereocenters. The number of rotatable bonds is 7. The molecular formula is C23H19N5O4S. The number of azo groups is 2. The van der Waals surface area contributed by atoms with Crippen molar-refractivity contribution < 1.29 is 19.7 Å². The van der Waals surface area contributed by atoms with E-state index in [1.165, 1.54) is 0 Å². The summed E-state index contributed by atoms with van der Waals surface area (Å²) in [6.45, 7) is 2.01. The quantitative estimate of drug-likeness (QED) is 0.0848. The minimum atomic E-state index is -0.165. The molecule has 9 nitrogen and oxygen atoms in total. The second-order valence-electron chi connectivity index (χ2n) is 7.00. The van der Waals surface area contributed by atoms with Crippen molar-refractivity contribution in [2.24, 2.45) is 20.5 Å². The van der Waals surface area contributed by atoms with Gasteiger partial charge in [0.25, 0.3) is 0 Å². The first-order valence-electron chi connectivity index (χ1n) is 9.74. The Morgan fingerprint density at radius 3 is 2.00 bits per heavy atom. The molecule has 0 aromatic heterocycles. The summed E-state index contributed by atoms with van der Waals surface area (Å²) in [6.07, 6.45) is 0. The molecule has 166 valence electrons. The van der Waals surface area contributed by atoms with Crippen LogP contribution in [0.25, 0.3) is 10.8 Å². The van der Waals surface area contributed by atoms with E-state index in [9.17, 15) is 5.11 Å². The molecule has 0 heterocycles. The van der Waals surface area contributed by atoms with Crippen LogP contribution >= 0.6 is 12.0 Å². The number of hydrogen-bond donors (Lipinski definition) is 3. The molecule has 10 heteroatoms. The van der Waals surface area contributed by atoms with E-state index in [4.69, 9.17) is 11.0 Å². The number of nitrogens with two attached hydrogens (primary N) is 1. The van der Waals surface area contributed by atoms with Crippen LogP contribution in [0.1, 0.15) is 5.56 Å². The summed E-state index contributed by atoms with van der Waals surface area (Å²) in [5.74, 6) is -0.165. The molecule has 4 N–H and O–H groups in total. The second-order valence-corrected chi connectivity index (χ2v) is 7.74. The van der Waals surface area contributed by atoms with E-state index < -0.39 is 0 Å². The van der Waals surface area contributed by atoms with Gasteiger partial charge in [-0.05, 0) is 60.8 Å². The highest BCUT2D eigenvalue weighted by Crippen LogP contribution is 2.45. The number of anilines is 1. The van der Waals surface area contributed by atoms with Crippen LogP contribution in [0.5, 0.6) is 5.75 Å². The van der Waals surface area contributed by atoms with E-state index in [0.717, 1.165) is 11.3 Å². The number of aryl methyl sites for hydroxylation is 1. The summed E-state index contributed by atoms with van der Waals surface area (Å²) >= 11 is 0.671. The Hall–Kier alpha value is -3.83. The lowest BCUT2D eigenvalue weighted by Crippen LogP contribution is -1.89. The van der Waals surface area contributed by atoms with E-state index in [1.54, 1.807) is 48.5 Å². The lowest BCUT2D eigenvalue weighted by molar-refractivity contribution is -0.432. The average molecular weight is 462 g/mol. The molecule has 0 bridgehead atoms. The van der Waals surface area contributed by atoms with Crippen molar-refractivity contribution >= 4 is 51.3 Å². The van der Waals surface area contributed by atoms with Crippen molar-refractivity contribution in [3.63, 3.8) is 0 Å². The van der Waals surface area contributed by atoms with Crippen molar-refractivity contribution in [3.05, 3.63) is 78.4 Å². The van der Waals surface area contributed by atoms with Crippen LogP contribution < -0.4 is 5.73 Å². The molecule has 0 fully saturated rings. The molecule has 0 spiro atoms. The smallest absolute Gasteiger partial charge is 0.154 e. The lowest BCUT2D eigenvalue weighted by Gasteiger charge is -2.10. The molecule has 0 atom stereocenters. The Morgan fingerprint density at radius 1 is 0.818 bits per heavy atom. The lowest BCUT2D eigenvalue weighted by atomic mass is 10.1. The van der Waals surface area contributed by atoms with Crippen LogP contribution in [0.2, 0.25) is 0 Å². The van der Waals surface area contributed by atoms with Crippen LogP contribution in [0, 0.1) is 6.92 Å². The third-order valence-electron chi connectivity index (χ3n) is 4.69. The molecule has 0 aliphatic heterocycles. The Bertz CT molecular complexity index is 1330. The van der Waals surface area contributed by atoms with Gasteiger partial charge in [0.1, 0.15) is 5.69 Å². The number of benzene rings is 4. The number of phenolic OH excluding ortho intramolecular Hbond substituents is 1. The number of fused-ring (bicyclic) bond motifs is 1. The summed E-state index contributed by atoms with van der Waals surface area (Å²) in [7, 11) is 0. The van der Waals surface area contributed by atoms with Gasteiger partial charge in [-0.25, -0.2) is 5.26 Å². The third-order valence-corrected chi connectivity index (χ3v) is 5.31. The molecule has 0 aliphatic rings. The molecule has 4 aromatic rings. The predicted molar refractivity (Wildman–Crippen MR) is 127 cm³/mol.